The molecule has 0 bridgehead atoms. The highest BCUT2D eigenvalue weighted by Gasteiger charge is 2.57. The Morgan fingerprint density at radius 1 is 1.06 bits per heavy atom. The number of carbonyl (C=O) groups excluding carboxylic acids is 1. The van der Waals surface area contributed by atoms with Crippen LogP contribution in [0.3, 0.4) is 0 Å². The third-order valence-electron chi connectivity index (χ3n) is 6.48. The predicted octanol–water partition coefficient (Wildman–Crippen LogP) is 3.12. The molecule has 1 aliphatic heterocycles. The zero-order valence-corrected chi connectivity index (χ0v) is 18.6. The topological polar surface area (TPSA) is 142 Å². The molecule has 3 aromatic carbocycles. The molecule has 0 radical (unpaired) electrons. The molecule has 5 rings (SSSR count). The number of nitrogens with two attached hydrogens (primary N) is 3. The van der Waals surface area contributed by atoms with Crippen LogP contribution in [0.1, 0.15) is 28.2 Å². The molecule has 0 fully saturated rings. The van der Waals surface area contributed by atoms with Gasteiger partial charge >= 0.3 is 5.97 Å². The Morgan fingerprint density at radius 3 is 2.42 bits per heavy atom. The summed E-state index contributed by atoms with van der Waals surface area (Å²) in [7, 11) is 0. The molecule has 1 aliphatic carbocycles. The van der Waals surface area contributed by atoms with E-state index in [2.05, 4.69) is 0 Å². The van der Waals surface area contributed by atoms with Gasteiger partial charge in [0.25, 0.3) is 0 Å². The standard InChI is InChI=1S/C25H23N3O4S/c1-12-11-14(32-13-5-3-2-4-6-13)7-8-15(12)25(28)16-9-10-17(26)21-18(16)19(20(27)23(25)29)22(33-21)24(30)31/h2-11,19-20,22H,26-28H2,1H3,(H,30,31). The van der Waals surface area contributed by atoms with Gasteiger partial charge in [0.05, 0.1) is 6.04 Å². The van der Waals surface area contributed by atoms with E-state index in [1.807, 2.05) is 43.3 Å². The molecule has 8 heteroatoms. The first-order valence-electron chi connectivity index (χ1n) is 10.5. The van der Waals surface area contributed by atoms with Crippen LogP contribution in [0, 0.1) is 6.92 Å². The van der Waals surface area contributed by atoms with Crippen molar-refractivity contribution in [3.63, 3.8) is 0 Å². The zero-order chi connectivity index (χ0) is 23.5. The fourth-order valence-electron chi connectivity index (χ4n) is 4.95. The monoisotopic (exact) mass is 461 g/mol. The highest BCUT2D eigenvalue weighted by atomic mass is 32.2. The van der Waals surface area contributed by atoms with Crippen LogP contribution in [-0.4, -0.2) is 28.2 Å². The molecular weight excluding hydrogens is 438 g/mol. The summed E-state index contributed by atoms with van der Waals surface area (Å²) in [5.41, 5.74) is 21.0. The van der Waals surface area contributed by atoms with Crippen LogP contribution in [0.2, 0.25) is 0 Å². The van der Waals surface area contributed by atoms with Crippen molar-refractivity contribution in [3.8, 4) is 11.5 Å². The maximum absolute atomic E-state index is 13.7. The average Bonchev–Trinajstić information content (AvgIpc) is 3.20. The van der Waals surface area contributed by atoms with Gasteiger partial charge in [0.1, 0.15) is 22.3 Å². The smallest absolute Gasteiger partial charge is 0.317 e. The maximum atomic E-state index is 13.7. The van der Waals surface area contributed by atoms with Crippen LogP contribution >= 0.6 is 11.8 Å². The molecule has 4 unspecified atom stereocenters. The molecule has 1 heterocycles. The molecule has 0 amide bonds. The third kappa shape index (κ3) is 3.13. The van der Waals surface area contributed by atoms with Crippen LogP contribution in [0.4, 0.5) is 5.69 Å². The normalized spacial score (nSPS) is 25.5. The van der Waals surface area contributed by atoms with Gasteiger partial charge in [0.2, 0.25) is 0 Å². The molecule has 0 saturated carbocycles. The van der Waals surface area contributed by atoms with Crippen LogP contribution in [0.5, 0.6) is 11.5 Å². The molecule has 2 aliphatic rings. The number of benzene rings is 3. The summed E-state index contributed by atoms with van der Waals surface area (Å²) in [6.07, 6.45) is 0. The maximum Gasteiger partial charge on any atom is 0.317 e. The fourth-order valence-corrected chi connectivity index (χ4v) is 6.33. The van der Waals surface area contributed by atoms with E-state index in [4.69, 9.17) is 21.9 Å². The Bertz CT molecular complexity index is 1300. The summed E-state index contributed by atoms with van der Waals surface area (Å²) in [6.45, 7) is 1.86. The van der Waals surface area contributed by atoms with E-state index in [-0.39, 0.29) is 0 Å². The Kier molecular flexibility index (Phi) is 4.97. The lowest BCUT2D eigenvalue weighted by molar-refractivity contribution is -0.137. The fraction of sp³-hybridized carbons (Fsp3) is 0.200. The Labute approximate surface area is 194 Å². The average molecular weight is 462 g/mol. The summed E-state index contributed by atoms with van der Waals surface area (Å²) >= 11 is 1.14. The number of Topliss-reactive ketones (excluding diaryl/α,β-unsaturated/α-hetero) is 1. The number of nitrogen functional groups attached to an aromatic ring is 1. The summed E-state index contributed by atoms with van der Waals surface area (Å²) in [4.78, 5) is 26.2. The van der Waals surface area contributed by atoms with Crippen LogP contribution in [0.25, 0.3) is 0 Å². The van der Waals surface area contributed by atoms with Gasteiger partial charge in [-0.3, -0.25) is 9.59 Å². The number of anilines is 1. The molecule has 4 atom stereocenters. The second kappa shape index (κ2) is 7.62. The van der Waals surface area contributed by atoms with Crippen LogP contribution in [-0.2, 0) is 15.1 Å². The van der Waals surface area contributed by atoms with Crippen molar-refractivity contribution in [2.24, 2.45) is 11.5 Å². The van der Waals surface area contributed by atoms with Crippen molar-refractivity contribution in [1.82, 2.24) is 0 Å². The van der Waals surface area contributed by atoms with Gasteiger partial charge in [-0.15, -0.1) is 11.8 Å². The SMILES string of the molecule is Cc1cc(Oc2ccccc2)ccc1C1(N)C(=O)C(N)C2c3c1ccc(N)c3SC2C(=O)O. The van der Waals surface area contributed by atoms with Crippen molar-refractivity contribution < 1.29 is 19.4 Å². The number of carboxylic acid groups (broad SMARTS) is 1. The molecule has 168 valence electrons. The van der Waals surface area contributed by atoms with E-state index < -0.39 is 34.5 Å². The second-order valence-electron chi connectivity index (χ2n) is 8.44. The Morgan fingerprint density at radius 2 is 1.76 bits per heavy atom. The van der Waals surface area contributed by atoms with E-state index >= 15 is 0 Å². The molecule has 33 heavy (non-hydrogen) atoms. The van der Waals surface area contributed by atoms with E-state index in [0.717, 1.165) is 17.3 Å². The minimum atomic E-state index is -1.53. The first-order valence-corrected chi connectivity index (χ1v) is 11.4. The molecule has 0 spiro atoms. The molecule has 7 nitrogen and oxygen atoms in total. The number of hydrogen-bond acceptors (Lipinski definition) is 7. The lowest BCUT2D eigenvalue weighted by Crippen LogP contribution is -2.60. The number of carbonyl (C=O) groups is 2. The number of para-hydroxylation sites is 1. The van der Waals surface area contributed by atoms with Crippen molar-refractivity contribution >= 4 is 29.2 Å². The zero-order valence-electron chi connectivity index (χ0n) is 17.8. The van der Waals surface area contributed by atoms with Gasteiger partial charge in [-0.05, 0) is 59.5 Å². The van der Waals surface area contributed by atoms with Gasteiger partial charge in [0, 0.05) is 16.5 Å². The van der Waals surface area contributed by atoms with E-state index in [0.29, 0.717) is 38.8 Å². The largest absolute Gasteiger partial charge is 0.480 e. The van der Waals surface area contributed by atoms with Crippen LogP contribution in [0.15, 0.2) is 65.6 Å². The number of aryl methyl sites for hydroxylation is 1. The highest BCUT2D eigenvalue weighted by molar-refractivity contribution is 8.01. The molecule has 7 N–H and O–H groups in total. The van der Waals surface area contributed by atoms with Gasteiger partial charge < -0.3 is 27.0 Å². The number of rotatable bonds is 4. The molecule has 0 saturated heterocycles. The lowest BCUT2D eigenvalue weighted by Gasteiger charge is -2.41. The lowest BCUT2D eigenvalue weighted by atomic mass is 9.65. The van der Waals surface area contributed by atoms with E-state index in [1.165, 1.54) is 0 Å². The van der Waals surface area contributed by atoms with Crippen molar-refractivity contribution in [1.29, 1.82) is 0 Å². The number of hydrogen-bond donors (Lipinski definition) is 4. The minimum Gasteiger partial charge on any atom is -0.480 e. The first kappa shape index (κ1) is 21.5. The predicted molar refractivity (Wildman–Crippen MR) is 127 cm³/mol. The van der Waals surface area contributed by atoms with Gasteiger partial charge in [-0.1, -0.05) is 30.3 Å². The summed E-state index contributed by atoms with van der Waals surface area (Å²) < 4.78 is 5.92. The second-order valence-corrected chi connectivity index (χ2v) is 9.59. The Hall–Kier alpha value is -3.33. The molecule has 3 aromatic rings. The van der Waals surface area contributed by atoms with E-state index in [9.17, 15) is 14.7 Å². The minimum absolute atomic E-state index is 0.413. The third-order valence-corrected chi connectivity index (χ3v) is 7.92. The molecular formula is C25H23N3O4S. The van der Waals surface area contributed by atoms with E-state index in [1.54, 1.807) is 24.3 Å². The summed E-state index contributed by atoms with van der Waals surface area (Å²) in [5, 5.41) is 8.87. The number of ether oxygens (including phenoxy) is 1. The number of ketones is 1. The summed E-state index contributed by atoms with van der Waals surface area (Å²) in [5.74, 6) is -0.826. The van der Waals surface area contributed by atoms with Gasteiger partial charge in [-0.2, -0.15) is 0 Å². The van der Waals surface area contributed by atoms with Crippen molar-refractivity contribution in [3.05, 3.63) is 82.9 Å². The number of aliphatic carboxylic acids is 1. The Balaban J connectivity index is 1.64. The van der Waals surface area contributed by atoms with Crippen molar-refractivity contribution in [2.45, 2.75) is 34.6 Å². The number of carboxylic acids is 1. The van der Waals surface area contributed by atoms with Gasteiger partial charge in [-0.25, -0.2) is 0 Å². The number of thioether (sulfide) groups is 1. The highest BCUT2D eigenvalue weighted by Crippen LogP contribution is 2.56. The van der Waals surface area contributed by atoms with Gasteiger partial charge in [0.15, 0.2) is 5.78 Å². The summed E-state index contributed by atoms with van der Waals surface area (Å²) in [6, 6.07) is 17.1. The van der Waals surface area contributed by atoms with Crippen LogP contribution < -0.4 is 21.9 Å². The van der Waals surface area contributed by atoms with Crippen molar-refractivity contribution in [2.75, 3.05) is 5.73 Å². The quantitative estimate of drug-likeness (QED) is 0.434. The molecule has 0 aromatic heterocycles. The first-order chi connectivity index (χ1) is 15.7.